The molecule has 0 aliphatic heterocycles. The Morgan fingerprint density at radius 3 is 1.47 bits per heavy atom. The molecule has 53 heavy (non-hydrogen) atoms. The lowest BCUT2D eigenvalue weighted by Crippen LogP contribution is -2.34. The minimum absolute atomic E-state index is 0.159. The molecule has 0 aliphatic rings. The highest BCUT2D eigenvalue weighted by atomic mass is 31.2. The highest BCUT2D eigenvalue weighted by Gasteiger charge is 2.28. The molecule has 310 valence electrons. The second-order valence-corrected chi connectivity index (χ2v) is 15.6. The molecule has 12 heteroatoms. The number of hydrogen-bond donors (Lipinski definition) is 3. The Bertz CT molecular complexity index is 1010. The molecule has 0 rings (SSSR count). The Morgan fingerprint density at radius 1 is 0.585 bits per heavy atom. The van der Waals surface area contributed by atoms with Gasteiger partial charge in [0, 0.05) is 12.8 Å². The number of carbonyl (C=O) groups is 3. The first-order valence-corrected chi connectivity index (χ1v) is 22.4. The third kappa shape index (κ3) is 36.7. The molecule has 0 aromatic heterocycles. The molecule has 0 aromatic rings. The zero-order valence-corrected chi connectivity index (χ0v) is 34.3. The summed E-state index contributed by atoms with van der Waals surface area (Å²) < 4.78 is 32.5. The number of phosphoric ester groups is 1. The first-order chi connectivity index (χ1) is 25.6. The molecule has 0 aromatic carbocycles. The summed E-state index contributed by atoms with van der Waals surface area (Å²) in [5.74, 6) is -2.38. The molecular weight excluding hydrogens is 697 g/mol. The number of unbranched alkanes of at least 4 members (excludes halogenated alkanes) is 21. The van der Waals surface area contributed by atoms with Crippen LogP contribution in [-0.2, 0) is 37.5 Å². The second-order valence-electron chi connectivity index (χ2n) is 14.1. The minimum Gasteiger partial charge on any atom is -0.480 e. The van der Waals surface area contributed by atoms with Crippen LogP contribution in [0.2, 0.25) is 0 Å². The van der Waals surface area contributed by atoms with Gasteiger partial charge in [-0.1, -0.05) is 154 Å². The van der Waals surface area contributed by atoms with Crippen molar-refractivity contribution < 1.29 is 47.5 Å². The highest BCUT2D eigenvalue weighted by Crippen LogP contribution is 2.43. The van der Waals surface area contributed by atoms with Gasteiger partial charge < -0.3 is 25.2 Å². The third-order valence-electron chi connectivity index (χ3n) is 8.95. The fraction of sp³-hybridized carbons (Fsp3) is 0.829. The van der Waals surface area contributed by atoms with Crippen LogP contribution in [0.25, 0.3) is 0 Å². The summed E-state index contributed by atoms with van der Waals surface area (Å²) in [6, 6.07) is -1.52. The first-order valence-electron chi connectivity index (χ1n) is 20.9. The third-order valence-corrected chi connectivity index (χ3v) is 9.90. The van der Waals surface area contributed by atoms with Crippen molar-refractivity contribution >= 4 is 25.7 Å². The van der Waals surface area contributed by atoms with Crippen LogP contribution in [0.15, 0.2) is 24.3 Å². The van der Waals surface area contributed by atoms with Crippen molar-refractivity contribution in [1.82, 2.24) is 0 Å². The van der Waals surface area contributed by atoms with Gasteiger partial charge in [0.2, 0.25) is 0 Å². The predicted molar refractivity (Wildman–Crippen MR) is 212 cm³/mol. The fourth-order valence-corrected chi connectivity index (χ4v) is 6.40. The predicted octanol–water partition coefficient (Wildman–Crippen LogP) is 10.7. The number of nitrogens with two attached hydrogens (primary N) is 1. The van der Waals surface area contributed by atoms with Gasteiger partial charge in [-0.25, -0.2) is 4.57 Å². The van der Waals surface area contributed by atoms with Gasteiger partial charge in [-0.3, -0.25) is 23.4 Å². The fourth-order valence-electron chi connectivity index (χ4n) is 5.62. The van der Waals surface area contributed by atoms with Crippen LogP contribution in [-0.4, -0.2) is 59.9 Å². The summed E-state index contributed by atoms with van der Waals surface area (Å²) in [5, 5.41) is 8.86. The van der Waals surface area contributed by atoms with Crippen LogP contribution in [0.1, 0.15) is 187 Å². The van der Waals surface area contributed by atoms with Crippen molar-refractivity contribution in [1.29, 1.82) is 0 Å². The number of carboxylic acids is 1. The largest absolute Gasteiger partial charge is 0.480 e. The quantitative estimate of drug-likeness (QED) is 0.0235. The van der Waals surface area contributed by atoms with E-state index in [4.69, 9.17) is 24.8 Å². The van der Waals surface area contributed by atoms with E-state index < -0.39 is 51.1 Å². The SMILES string of the molecule is CCCCCCC/C=C\C/C=C\CCCCCCCCCCCC(=O)OC(COC(=O)CCCCCCCCCC)COP(=O)(O)OCC(N)C(=O)O. The van der Waals surface area contributed by atoms with E-state index in [1.54, 1.807) is 0 Å². The molecular formula is C41H76NO10P. The van der Waals surface area contributed by atoms with Gasteiger partial charge >= 0.3 is 25.7 Å². The molecule has 0 fully saturated rings. The van der Waals surface area contributed by atoms with Gasteiger partial charge in [-0.2, -0.15) is 0 Å². The van der Waals surface area contributed by atoms with E-state index >= 15 is 0 Å². The van der Waals surface area contributed by atoms with Crippen molar-refractivity contribution in [3.63, 3.8) is 0 Å². The Balaban J connectivity index is 4.26. The number of phosphoric acid groups is 1. The number of ether oxygens (including phenoxy) is 2. The summed E-state index contributed by atoms with van der Waals surface area (Å²) in [7, 11) is -4.71. The van der Waals surface area contributed by atoms with E-state index in [1.165, 1.54) is 96.3 Å². The van der Waals surface area contributed by atoms with Crippen molar-refractivity contribution in [2.24, 2.45) is 5.73 Å². The lowest BCUT2D eigenvalue weighted by Gasteiger charge is -2.20. The van der Waals surface area contributed by atoms with E-state index in [0.29, 0.717) is 12.8 Å². The molecule has 0 aliphatic carbocycles. The van der Waals surface area contributed by atoms with Crippen molar-refractivity contribution in [2.75, 3.05) is 19.8 Å². The van der Waals surface area contributed by atoms with Crippen molar-refractivity contribution in [3.8, 4) is 0 Å². The summed E-state index contributed by atoms with van der Waals surface area (Å²) in [6.45, 7) is 2.75. The van der Waals surface area contributed by atoms with Gasteiger partial charge in [0.25, 0.3) is 0 Å². The number of hydrogen-bond acceptors (Lipinski definition) is 9. The maximum absolute atomic E-state index is 12.6. The number of carbonyl (C=O) groups excluding carboxylic acids is 2. The number of aliphatic carboxylic acids is 1. The summed E-state index contributed by atoms with van der Waals surface area (Å²) in [5.41, 5.74) is 5.32. The molecule has 0 spiro atoms. The lowest BCUT2D eigenvalue weighted by atomic mass is 10.1. The first kappa shape index (κ1) is 51.0. The van der Waals surface area contributed by atoms with Crippen LogP contribution in [0, 0.1) is 0 Å². The van der Waals surface area contributed by atoms with Gasteiger partial charge in [-0.15, -0.1) is 0 Å². The van der Waals surface area contributed by atoms with Crippen LogP contribution in [0.4, 0.5) is 0 Å². The van der Waals surface area contributed by atoms with Crippen LogP contribution in [0.5, 0.6) is 0 Å². The maximum Gasteiger partial charge on any atom is 0.472 e. The average Bonchev–Trinajstić information content (AvgIpc) is 3.13. The molecule has 0 heterocycles. The second kappa shape index (κ2) is 36.9. The van der Waals surface area contributed by atoms with Gasteiger partial charge in [0.1, 0.15) is 12.6 Å². The number of rotatable bonds is 39. The Kier molecular flexibility index (Phi) is 35.5. The smallest absolute Gasteiger partial charge is 0.472 e. The molecule has 0 amide bonds. The molecule has 0 saturated heterocycles. The van der Waals surface area contributed by atoms with Gasteiger partial charge in [0.05, 0.1) is 13.2 Å². The highest BCUT2D eigenvalue weighted by molar-refractivity contribution is 7.47. The van der Waals surface area contributed by atoms with Crippen LogP contribution < -0.4 is 5.73 Å². The van der Waals surface area contributed by atoms with Crippen molar-refractivity contribution in [3.05, 3.63) is 24.3 Å². The summed E-state index contributed by atoms with van der Waals surface area (Å²) in [4.78, 5) is 45.7. The van der Waals surface area contributed by atoms with E-state index in [1.807, 2.05) is 0 Å². The Morgan fingerprint density at radius 2 is 1.00 bits per heavy atom. The topological polar surface area (TPSA) is 172 Å². The van der Waals surface area contributed by atoms with E-state index in [9.17, 15) is 23.8 Å². The average molecular weight is 774 g/mol. The molecule has 3 atom stereocenters. The molecule has 3 unspecified atom stereocenters. The van der Waals surface area contributed by atoms with Crippen molar-refractivity contribution in [2.45, 2.75) is 199 Å². The normalized spacial score (nSPS) is 14.0. The standard InChI is InChI=1S/C41H76NO10P/c1-3-5-7-9-11-13-14-15-16-17-18-19-20-21-22-23-24-25-27-29-31-33-40(44)52-37(35-50-53(47,48)51-36-38(42)41(45)46)34-49-39(43)32-30-28-26-12-10-8-6-4-2/h14-15,17-18,37-38H,3-13,16,19-36,42H2,1-2H3,(H,45,46)(H,47,48)/b15-14-,18-17-. The zero-order chi connectivity index (χ0) is 39.3. The van der Waals surface area contributed by atoms with Gasteiger partial charge in [0.15, 0.2) is 6.10 Å². The van der Waals surface area contributed by atoms with E-state index in [-0.39, 0.29) is 19.4 Å². The summed E-state index contributed by atoms with van der Waals surface area (Å²) >= 11 is 0. The summed E-state index contributed by atoms with van der Waals surface area (Å²) in [6.07, 6.45) is 36.9. The lowest BCUT2D eigenvalue weighted by molar-refractivity contribution is -0.161. The van der Waals surface area contributed by atoms with E-state index in [0.717, 1.165) is 51.4 Å². The molecule has 11 nitrogen and oxygen atoms in total. The zero-order valence-electron chi connectivity index (χ0n) is 33.4. The monoisotopic (exact) mass is 774 g/mol. The maximum atomic E-state index is 12.6. The molecule has 4 N–H and O–H groups in total. The number of esters is 2. The Labute approximate surface area is 321 Å². The Hall–Kier alpha value is -2.04. The number of allylic oxidation sites excluding steroid dienone is 4. The van der Waals surface area contributed by atoms with Crippen LogP contribution >= 0.6 is 7.82 Å². The molecule has 0 bridgehead atoms. The van der Waals surface area contributed by atoms with E-state index in [2.05, 4.69) is 42.7 Å². The number of carboxylic acid groups (broad SMARTS) is 1. The molecule has 0 radical (unpaired) electrons. The minimum atomic E-state index is -4.71. The molecule has 0 saturated carbocycles. The van der Waals surface area contributed by atoms with Crippen LogP contribution in [0.3, 0.4) is 0 Å². The van der Waals surface area contributed by atoms with Gasteiger partial charge in [-0.05, 0) is 44.9 Å².